The van der Waals surface area contributed by atoms with E-state index in [4.69, 9.17) is 13.9 Å². The average Bonchev–Trinajstić information content (AvgIpc) is 3.36. The first kappa shape index (κ1) is 28.4. The van der Waals surface area contributed by atoms with Crippen molar-refractivity contribution in [3.05, 3.63) is 82.8 Å². The van der Waals surface area contributed by atoms with Crippen LogP contribution in [-0.2, 0) is 26.1 Å². The first-order valence-electron chi connectivity index (χ1n) is 12.9. The van der Waals surface area contributed by atoms with Gasteiger partial charge in [-0.05, 0) is 68.1 Å². The van der Waals surface area contributed by atoms with Crippen LogP contribution in [0.4, 0.5) is 0 Å². The summed E-state index contributed by atoms with van der Waals surface area (Å²) in [6, 6.07) is 15.6. The molecule has 1 N–H and O–H groups in total. The maximum Gasteiger partial charge on any atom is 0.293 e. The molecule has 39 heavy (non-hydrogen) atoms. The van der Waals surface area contributed by atoms with E-state index in [0.29, 0.717) is 24.4 Å². The zero-order valence-corrected chi connectivity index (χ0v) is 23.4. The summed E-state index contributed by atoms with van der Waals surface area (Å²) >= 11 is 0. The summed E-state index contributed by atoms with van der Waals surface area (Å²) in [7, 11) is -3.82. The Kier molecular flexibility index (Phi) is 8.76. The molecule has 0 spiro atoms. The van der Waals surface area contributed by atoms with Crippen molar-refractivity contribution in [3.8, 4) is 5.75 Å². The van der Waals surface area contributed by atoms with Crippen LogP contribution in [0.25, 0.3) is 0 Å². The molecule has 0 bridgehead atoms. The molecule has 1 amide bonds. The molecular weight excluding hydrogens is 520 g/mol. The second kappa shape index (κ2) is 12.0. The quantitative estimate of drug-likeness (QED) is 0.370. The van der Waals surface area contributed by atoms with E-state index in [1.54, 1.807) is 36.4 Å². The van der Waals surface area contributed by atoms with Gasteiger partial charge >= 0.3 is 0 Å². The fourth-order valence-corrected chi connectivity index (χ4v) is 6.12. The van der Waals surface area contributed by atoms with Crippen molar-refractivity contribution >= 4 is 22.4 Å². The monoisotopic (exact) mass is 554 g/mol. The van der Waals surface area contributed by atoms with E-state index in [9.17, 15) is 18.0 Å². The van der Waals surface area contributed by atoms with Crippen LogP contribution in [0.2, 0.25) is 0 Å². The van der Waals surface area contributed by atoms with Crippen molar-refractivity contribution in [2.45, 2.75) is 63.6 Å². The number of nitrogens with one attached hydrogen (secondary N) is 1. The molecular formula is C29H34N2O7S. The molecule has 10 heteroatoms. The number of carbonyl (C=O) groups excluding carboxylic acids is 2. The van der Waals surface area contributed by atoms with Gasteiger partial charge in [0.25, 0.3) is 12.4 Å². The first-order chi connectivity index (χ1) is 18.6. The summed E-state index contributed by atoms with van der Waals surface area (Å²) in [5.74, 6) is 0.135. The Labute approximate surface area is 229 Å². The lowest BCUT2D eigenvalue weighted by Crippen LogP contribution is -2.36. The number of furan rings is 1. The summed E-state index contributed by atoms with van der Waals surface area (Å²) in [5.41, 5.74) is 2.47. The summed E-state index contributed by atoms with van der Waals surface area (Å²) in [4.78, 5) is 23.6. The number of rotatable bonds is 10. The van der Waals surface area contributed by atoms with E-state index in [0.717, 1.165) is 16.7 Å². The average molecular weight is 555 g/mol. The van der Waals surface area contributed by atoms with E-state index in [1.807, 2.05) is 45.9 Å². The fourth-order valence-electron chi connectivity index (χ4n) is 4.55. The molecule has 2 atom stereocenters. The highest BCUT2D eigenvalue weighted by molar-refractivity contribution is 7.89. The zero-order valence-electron chi connectivity index (χ0n) is 22.5. The van der Waals surface area contributed by atoms with Crippen molar-refractivity contribution in [1.82, 2.24) is 9.62 Å². The summed E-state index contributed by atoms with van der Waals surface area (Å²) in [6.07, 6.45) is 0.356. The second-order valence-electron chi connectivity index (χ2n) is 9.89. The van der Waals surface area contributed by atoms with Crippen LogP contribution < -0.4 is 10.1 Å². The lowest BCUT2D eigenvalue weighted by atomic mass is 9.93. The lowest BCUT2D eigenvalue weighted by molar-refractivity contribution is -0.129. The minimum absolute atomic E-state index is 0.00804. The zero-order chi connectivity index (χ0) is 28.2. The van der Waals surface area contributed by atoms with Gasteiger partial charge in [0.15, 0.2) is 5.76 Å². The smallest absolute Gasteiger partial charge is 0.293 e. The van der Waals surface area contributed by atoms with E-state index in [-0.39, 0.29) is 48.4 Å². The molecule has 9 nitrogen and oxygen atoms in total. The van der Waals surface area contributed by atoms with Crippen LogP contribution in [0.5, 0.6) is 5.75 Å². The molecule has 0 saturated carbocycles. The highest BCUT2D eigenvalue weighted by Crippen LogP contribution is 2.34. The minimum Gasteiger partial charge on any atom is -0.488 e. The number of benzene rings is 2. The van der Waals surface area contributed by atoms with E-state index >= 15 is 0 Å². The van der Waals surface area contributed by atoms with Gasteiger partial charge in [-0.15, -0.1) is 0 Å². The second-order valence-corrected chi connectivity index (χ2v) is 11.8. The SMILES string of the molecule is CC[C@@H]1CN(Cc2cc(C(COC=O)c3ccc(C(=O)NC(C)C)o3)ccc2C)S(=O)(=O)c2ccccc2O1. The van der Waals surface area contributed by atoms with Crippen molar-refractivity contribution in [3.63, 3.8) is 0 Å². The lowest BCUT2D eigenvalue weighted by Gasteiger charge is -2.24. The van der Waals surface area contributed by atoms with Crippen LogP contribution in [-0.4, -0.2) is 50.4 Å². The maximum atomic E-state index is 13.7. The number of carbonyl (C=O) groups is 2. The Balaban J connectivity index is 1.68. The topological polar surface area (TPSA) is 115 Å². The number of fused-ring (bicyclic) bond motifs is 1. The van der Waals surface area contributed by atoms with Crippen LogP contribution in [0.3, 0.4) is 0 Å². The standard InChI is InChI=1S/C29H34N2O7S/c1-5-23-16-31(39(34,35)28-9-7-6-8-26(28)37-23)15-22-14-21(11-10-20(22)4)24(17-36-18-32)25-12-13-27(38-25)29(33)30-19(2)3/h6-14,18-19,23-24H,5,15-17H2,1-4H3,(H,30,33)/t23-,24?/m1/s1. The van der Waals surface area contributed by atoms with Gasteiger partial charge in [0.2, 0.25) is 10.0 Å². The highest BCUT2D eigenvalue weighted by atomic mass is 32.2. The molecule has 4 rings (SSSR count). The number of aryl methyl sites for hydroxylation is 1. The predicted octanol–water partition coefficient (Wildman–Crippen LogP) is 4.39. The summed E-state index contributed by atoms with van der Waals surface area (Å²) in [6.45, 7) is 8.30. The Morgan fingerprint density at radius 3 is 2.67 bits per heavy atom. The number of sulfonamides is 1. The van der Waals surface area contributed by atoms with Crippen molar-refractivity contribution in [2.24, 2.45) is 0 Å². The van der Waals surface area contributed by atoms with Crippen LogP contribution in [0.1, 0.15) is 66.1 Å². The maximum absolute atomic E-state index is 13.7. The molecule has 0 radical (unpaired) electrons. The van der Waals surface area contributed by atoms with Gasteiger partial charge in [0, 0.05) is 12.6 Å². The van der Waals surface area contributed by atoms with E-state index in [2.05, 4.69) is 5.32 Å². The molecule has 1 unspecified atom stereocenters. The van der Waals surface area contributed by atoms with Gasteiger partial charge in [0.1, 0.15) is 29.1 Å². The highest BCUT2D eigenvalue weighted by Gasteiger charge is 2.34. The Morgan fingerprint density at radius 1 is 1.18 bits per heavy atom. The summed E-state index contributed by atoms with van der Waals surface area (Å²) in [5, 5.41) is 2.79. The van der Waals surface area contributed by atoms with E-state index < -0.39 is 15.9 Å². The van der Waals surface area contributed by atoms with Crippen LogP contribution >= 0.6 is 0 Å². The molecule has 0 fully saturated rings. The normalized spacial score (nSPS) is 17.5. The summed E-state index contributed by atoms with van der Waals surface area (Å²) < 4.78 is 45.8. The van der Waals surface area contributed by atoms with Gasteiger partial charge in [-0.2, -0.15) is 4.31 Å². The molecule has 1 aromatic heterocycles. The molecule has 3 aromatic rings. The largest absolute Gasteiger partial charge is 0.488 e. The van der Waals surface area contributed by atoms with Gasteiger partial charge in [-0.1, -0.05) is 37.3 Å². The third-order valence-corrected chi connectivity index (χ3v) is 8.54. The number of hydrogen-bond acceptors (Lipinski definition) is 7. The van der Waals surface area contributed by atoms with Crippen molar-refractivity contribution in [1.29, 1.82) is 0 Å². The third-order valence-electron chi connectivity index (χ3n) is 6.69. The van der Waals surface area contributed by atoms with Gasteiger partial charge in [0.05, 0.1) is 12.5 Å². The fraction of sp³-hybridized carbons (Fsp3) is 0.379. The number of para-hydroxylation sites is 1. The van der Waals surface area contributed by atoms with Gasteiger partial charge in [-0.3, -0.25) is 9.59 Å². The molecule has 0 aliphatic carbocycles. The predicted molar refractivity (Wildman–Crippen MR) is 145 cm³/mol. The third kappa shape index (κ3) is 6.34. The first-order valence-corrected chi connectivity index (χ1v) is 14.4. The van der Waals surface area contributed by atoms with Crippen LogP contribution in [0.15, 0.2) is 63.9 Å². The Morgan fingerprint density at radius 2 is 1.95 bits per heavy atom. The van der Waals surface area contributed by atoms with Crippen molar-refractivity contribution < 1.29 is 31.9 Å². The number of hydrogen-bond donors (Lipinski definition) is 1. The van der Waals surface area contributed by atoms with Gasteiger partial charge < -0.3 is 19.2 Å². The van der Waals surface area contributed by atoms with Gasteiger partial charge in [-0.25, -0.2) is 8.42 Å². The minimum atomic E-state index is -3.82. The molecule has 208 valence electrons. The molecule has 1 aliphatic heterocycles. The molecule has 1 aliphatic rings. The molecule has 0 saturated heterocycles. The Hall–Kier alpha value is -3.63. The number of ether oxygens (including phenoxy) is 2. The van der Waals surface area contributed by atoms with E-state index in [1.165, 1.54) is 4.31 Å². The van der Waals surface area contributed by atoms with Crippen LogP contribution in [0, 0.1) is 6.92 Å². The molecule has 2 heterocycles. The van der Waals surface area contributed by atoms with Crippen molar-refractivity contribution in [2.75, 3.05) is 13.2 Å². The number of amides is 1. The Bertz CT molecular complexity index is 1430. The molecule has 2 aromatic carbocycles. The number of nitrogens with zero attached hydrogens (tertiary/aromatic N) is 1.